The normalized spacial score (nSPS) is 20.5. The zero-order valence-corrected chi connectivity index (χ0v) is 11.6. The molecule has 7 nitrogen and oxygen atoms in total. The Hall–Kier alpha value is -1.83. The molecule has 0 aliphatic carbocycles. The van der Waals surface area contributed by atoms with Crippen LogP contribution in [0.2, 0.25) is 0 Å². The molecule has 2 rings (SSSR count). The van der Waals surface area contributed by atoms with Gasteiger partial charge < -0.3 is 15.1 Å². The predicted molar refractivity (Wildman–Crippen MR) is 70.9 cm³/mol. The van der Waals surface area contributed by atoms with Crippen LogP contribution in [-0.2, 0) is 14.6 Å². The molecule has 2 N–H and O–H groups in total. The maximum Gasteiger partial charge on any atom is 0.286 e. The van der Waals surface area contributed by atoms with Gasteiger partial charge in [0.05, 0.1) is 17.8 Å². The SMILES string of the molecule is O=C(CCNC(=O)c1ccco1)NC1CCS(=O)(=O)C1. The smallest absolute Gasteiger partial charge is 0.286 e. The van der Waals surface area contributed by atoms with E-state index < -0.39 is 9.84 Å². The number of amides is 2. The van der Waals surface area contributed by atoms with E-state index in [1.165, 1.54) is 12.3 Å². The fourth-order valence-corrected chi connectivity index (χ4v) is 3.67. The van der Waals surface area contributed by atoms with Crippen LogP contribution in [0, 0.1) is 0 Å². The second-order valence-corrected chi connectivity index (χ2v) is 6.88. The summed E-state index contributed by atoms with van der Waals surface area (Å²) in [5.74, 6) is -0.351. The van der Waals surface area contributed by atoms with Crippen LogP contribution in [0.4, 0.5) is 0 Å². The maximum absolute atomic E-state index is 11.6. The summed E-state index contributed by atoms with van der Waals surface area (Å²) in [6.45, 7) is 0.171. The van der Waals surface area contributed by atoms with Crippen LogP contribution in [0.25, 0.3) is 0 Å². The highest BCUT2D eigenvalue weighted by Crippen LogP contribution is 2.11. The van der Waals surface area contributed by atoms with Crippen LogP contribution in [-0.4, -0.2) is 44.3 Å². The summed E-state index contributed by atoms with van der Waals surface area (Å²) in [7, 11) is -3.00. The average Bonchev–Trinajstić information content (AvgIpc) is 2.98. The van der Waals surface area contributed by atoms with E-state index in [1.54, 1.807) is 6.07 Å². The first kappa shape index (κ1) is 14.6. The molecule has 0 bridgehead atoms. The number of sulfone groups is 1. The summed E-state index contributed by atoms with van der Waals surface area (Å²) in [6, 6.07) is 2.81. The molecular formula is C12H16N2O5S. The highest BCUT2D eigenvalue weighted by atomic mass is 32.2. The van der Waals surface area contributed by atoms with Gasteiger partial charge >= 0.3 is 0 Å². The molecular weight excluding hydrogens is 284 g/mol. The van der Waals surface area contributed by atoms with Gasteiger partial charge in [0.2, 0.25) is 5.91 Å². The first-order chi connectivity index (χ1) is 9.46. The van der Waals surface area contributed by atoms with Crippen molar-refractivity contribution in [2.24, 2.45) is 0 Å². The van der Waals surface area contributed by atoms with E-state index in [-0.39, 0.29) is 48.1 Å². The van der Waals surface area contributed by atoms with Gasteiger partial charge in [-0.25, -0.2) is 8.42 Å². The Morgan fingerprint density at radius 2 is 2.20 bits per heavy atom. The highest BCUT2D eigenvalue weighted by molar-refractivity contribution is 7.91. The molecule has 1 saturated heterocycles. The second-order valence-electron chi connectivity index (χ2n) is 4.65. The minimum Gasteiger partial charge on any atom is -0.459 e. The molecule has 0 aromatic carbocycles. The van der Waals surface area contributed by atoms with E-state index >= 15 is 0 Å². The minimum absolute atomic E-state index is 0.00249. The second kappa shape index (κ2) is 6.08. The Labute approximate surface area is 116 Å². The van der Waals surface area contributed by atoms with E-state index in [0.717, 1.165) is 0 Å². The average molecular weight is 300 g/mol. The quantitative estimate of drug-likeness (QED) is 0.777. The third kappa shape index (κ3) is 4.09. The topological polar surface area (TPSA) is 105 Å². The van der Waals surface area contributed by atoms with Crippen molar-refractivity contribution in [1.82, 2.24) is 10.6 Å². The number of hydrogen-bond donors (Lipinski definition) is 2. The van der Waals surface area contributed by atoms with Crippen molar-refractivity contribution in [3.63, 3.8) is 0 Å². The molecule has 0 saturated carbocycles. The van der Waals surface area contributed by atoms with Crippen molar-refractivity contribution in [2.75, 3.05) is 18.1 Å². The monoisotopic (exact) mass is 300 g/mol. The van der Waals surface area contributed by atoms with E-state index in [1.807, 2.05) is 0 Å². The number of carbonyl (C=O) groups excluding carboxylic acids is 2. The Kier molecular flexibility index (Phi) is 4.43. The largest absolute Gasteiger partial charge is 0.459 e. The van der Waals surface area contributed by atoms with E-state index in [0.29, 0.717) is 6.42 Å². The first-order valence-corrected chi connectivity index (χ1v) is 8.10. The van der Waals surface area contributed by atoms with Crippen LogP contribution in [0.1, 0.15) is 23.4 Å². The molecule has 110 valence electrons. The van der Waals surface area contributed by atoms with Crippen molar-refractivity contribution in [3.8, 4) is 0 Å². The van der Waals surface area contributed by atoms with Crippen molar-refractivity contribution in [1.29, 1.82) is 0 Å². The van der Waals surface area contributed by atoms with E-state index in [9.17, 15) is 18.0 Å². The fourth-order valence-electron chi connectivity index (χ4n) is 1.99. The third-order valence-corrected chi connectivity index (χ3v) is 4.75. The molecule has 2 heterocycles. The molecule has 1 aliphatic heterocycles. The summed E-state index contributed by atoms with van der Waals surface area (Å²) in [4.78, 5) is 23.1. The number of hydrogen-bond acceptors (Lipinski definition) is 5. The third-order valence-electron chi connectivity index (χ3n) is 2.98. The lowest BCUT2D eigenvalue weighted by molar-refractivity contribution is -0.121. The Balaban J connectivity index is 1.67. The molecule has 1 unspecified atom stereocenters. The van der Waals surface area contributed by atoms with Crippen LogP contribution in [0.15, 0.2) is 22.8 Å². The molecule has 0 spiro atoms. The zero-order chi connectivity index (χ0) is 14.6. The molecule has 2 amide bonds. The van der Waals surface area contributed by atoms with Gasteiger partial charge in [0.1, 0.15) is 0 Å². The van der Waals surface area contributed by atoms with Crippen LogP contribution >= 0.6 is 0 Å². The van der Waals surface area contributed by atoms with Gasteiger partial charge in [-0.15, -0.1) is 0 Å². The number of carbonyl (C=O) groups is 2. The van der Waals surface area contributed by atoms with E-state index in [2.05, 4.69) is 10.6 Å². The summed E-state index contributed by atoms with van der Waals surface area (Å²) < 4.78 is 27.4. The van der Waals surface area contributed by atoms with Gasteiger partial charge in [0, 0.05) is 19.0 Å². The zero-order valence-electron chi connectivity index (χ0n) is 10.8. The predicted octanol–water partition coefficient (Wildman–Crippen LogP) is -0.297. The molecule has 8 heteroatoms. The van der Waals surface area contributed by atoms with Gasteiger partial charge in [-0.3, -0.25) is 9.59 Å². The summed E-state index contributed by atoms with van der Waals surface area (Å²) >= 11 is 0. The lowest BCUT2D eigenvalue weighted by Crippen LogP contribution is -2.37. The van der Waals surface area contributed by atoms with Crippen molar-refractivity contribution < 1.29 is 22.4 Å². The van der Waals surface area contributed by atoms with Crippen LogP contribution < -0.4 is 10.6 Å². The number of rotatable bonds is 5. The Bertz CT molecular complexity index is 579. The fraction of sp³-hybridized carbons (Fsp3) is 0.500. The van der Waals surface area contributed by atoms with Crippen LogP contribution in [0.3, 0.4) is 0 Å². The van der Waals surface area contributed by atoms with Gasteiger partial charge in [-0.1, -0.05) is 0 Å². The Morgan fingerprint density at radius 3 is 2.80 bits per heavy atom. The van der Waals surface area contributed by atoms with Crippen LogP contribution in [0.5, 0.6) is 0 Å². The lowest BCUT2D eigenvalue weighted by atomic mass is 10.2. The van der Waals surface area contributed by atoms with Gasteiger partial charge in [0.25, 0.3) is 5.91 Å². The number of nitrogens with one attached hydrogen (secondary N) is 2. The van der Waals surface area contributed by atoms with Crippen molar-refractivity contribution >= 4 is 21.7 Å². The summed E-state index contributed by atoms with van der Waals surface area (Å²) in [6.07, 6.45) is 1.94. The summed E-state index contributed by atoms with van der Waals surface area (Å²) in [5, 5.41) is 5.20. The molecule has 1 aromatic heterocycles. The maximum atomic E-state index is 11.6. The first-order valence-electron chi connectivity index (χ1n) is 6.28. The molecule has 1 aliphatic rings. The van der Waals surface area contributed by atoms with Gasteiger partial charge in [-0.2, -0.15) is 0 Å². The number of furan rings is 1. The molecule has 0 radical (unpaired) electrons. The van der Waals surface area contributed by atoms with Crippen molar-refractivity contribution in [3.05, 3.63) is 24.2 Å². The molecule has 1 atom stereocenters. The summed E-state index contributed by atoms with van der Waals surface area (Å²) in [5.41, 5.74) is 0. The molecule has 1 aromatic rings. The van der Waals surface area contributed by atoms with Crippen molar-refractivity contribution in [2.45, 2.75) is 18.9 Å². The van der Waals surface area contributed by atoms with Gasteiger partial charge in [-0.05, 0) is 18.6 Å². The van der Waals surface area contributed by atoms with Gasteiger partial charge in [0.15, 0.2) is 15.6 Å². The lowest BCUT2D eigenvalue weighted by Gasteiger charge is -2.10. The molecule has 1 fully saturated rings. The standard InChI is InChI=1S/C12H16N2O5S/c15-11(14-9-4-7-20(17,18)8-9)3-5-13-12(16)10-2-1-6-19-10/h1-2,6,9H,3-5,7-8H2,(H,13,16)(H,14,15). The minimum atomic E-state index is -3.00. The highest BCUT2D eigenvalue weighted by Gasteiger charge is 2.28. The Morgan fingerprint density at radius 1 is 1.40 bits per heavy atom. The van der Waals surface area contributed by atoms with E-state index in [4.69, 9.17) is 4.42 Å². The molecule has 20 heavy (non-hydrogen) atoms.